The summed E-state index contributed by atoms with van der Waals surface area (Å²) in [4.78, 5) is 0. The van der Waals surface area contributed by atoms with Gasteiger partial charge in [0.05, 0.1) is 18.1 Å². The second-order valence-corrected chi connectivity index (χ2v) is 6.93. The standard InChI is InChI=1S/C12H18N4.C10H9F3/c1-4-5-6-16-10(3)11(8-14-16)12-9(2)7-13-15-12;1-6(2)9-7(10(12)13)4-3-5-8(9)11/h7-8H,4-6H2,1-3H3,(H,13,15);3-5,10H,1H2,2H3. The van der Waals surface area contributed by atoms with Crippen LogP contribution < -0.4 is 0 Å². The molecule has 0 radical (unpaired) electrons. The van der Waals surface area contributed by atoms with Crippen molar-refractivity contribution in [2.45, 2.75) is 53.5 Å². The molecule has 0 fully saturated rings. The van der Waals surface area contributed by atoms with Crippen molar-refractivity contribution in [3.8, 4) is 11.3 Å². The molecule has 0 bridgehead atoms. The molecule has 0 amide bonds. The van der Waals surface area contributed by atoms with Crippen LogP contribution in [0, 0.1) is 19.7 Å². The Kier molecular flexibility index (Phi) is 7.82. The van der Waals surface area contributed by atoms with Crippen LogP contribution in [-0.4, -0.2) is 20.0 Å². The number of alkyl halides is 2. The molecule has 29 heavy (non-hydrogen) atoms. The van der Waals surface area contributed by atoms with Crippen molar-refractivity contribution in [3.63, 3.8) is 0 Å². The van der Waals surface area contributed by atoms with Gasteiger partial charge >= 0.3 is 0 Å². The summed E-state index contributed by atoms with van der Waals surface area (Å²) >= 11 is 0. The SMILES string of the molecule is C=C(C)c1c(F)cccc1C(F)F.CCCCn1ncc(-c2[nH]ncc2C)c1C. The maximum Gasteiger partial charge on any atom is 0.264 e. The summed E-state index contributed by atoms with van der Waals surface area (Å²) in [5.41, 5.74) is 4.56. The molecule has 0 saturated heterocycles. The second kappa shape index (κ2) is 10.1. The summed E-state index contributed by atoms with van der Waals surface area (Å²) in [7, 11) is 0. The molecule has 2 heterocycles. The van der Waals surface area contributed by atoms with Crippen LogP contribution in [0.25, 0.3) is 16.8 Å². The number of aromatic amines is 1. The molecular formula is C22H27F3N4. The van der Waals surface area contributed by atoms with E-state index in [0.29, 0.717) is 5.57 Å². The van der Waals surface area contributed by atoms with Crippen LogP contribution in [0.15, 0.2) is 37.2 Å². The third kappa shape index (κ3) is 5.37. The number of aryl methyl sites for hydroxylation is 2. The van der Waals surface area contributed by atoms with Gasteiger partial charge in [0.1, 0.15) is 5.82 Å². The molecule has 0 atom stereocenters. The lowest BCUT2D eigenvalue weighted by molar-refractivity contribution is 0.150. The molecule has 1 N–H and O–H groups in total. The molecule has 0 saturated carbocycles. The van der Waals surface area contributed by atoms with E-state index < -0.39 is 12.2 Å². The summed E-state index contributed by atoms with van der Waals surface area (Å²) in [5, 5.41) is 11.5. The van der Waals surface area contributed by atoms with Gasteiger partial charge in [-0.25, -0.2) is 13.2 Å². The van der Waals surface area contributed by atoms with E-state index in [0.717, 1.165) is 29.4 Å². The van der Waals surface area contributed by atoms with Crippen LogP contribution in [0.4, 0.5) is 13.2 Å². The van der Waals surface area contributed by atoms with Gasteiger partial charge < -0.3 is 0 Å². The maximum absolute atomic E-state index is 13.1. The summed E-state index contributed by atoms with van der Waals surface area (Å²) in [6.45, 7) is 12.3. The number of benzene rings is 1. The van der Waals surface area contributed by atoms with Gasteiger partial charge in [-0.05, 0) is 44.4 Å². The molecule has 3 aromatic rings. The highest BCUT2D eigenvalue weighted by Crippen LogP contribution is 2.29. The Balaban J connectivity index is 0.000000212. The van der Waals surface area contributed by atoms with Gasteiger partial charge in [0.25, 0.3) is 6.43 Å². The first-order valence-corrected chi connectivity index (χ1v) is 9.53. The smallest absolute Gasteiger partial charge is 0.264 e. The Morgan fingerprint density at radius 3 is 2.48 bits per heavy atom. The third-order valence-corrected chi connectivity index (χ3v) is 4.63. The molecule has 0 aliphatic carbocycles. The lowest BCUT2D eigenvalue weighted by Crippen LogP contribution is -2.02. The van der Waals surface area contributed by atoms with Crippen molar-refractivity contribution in [2.75, 3.05) is 0 Å². The first-order chi connectivity index (χ1) is 13.8. The number of hydrogen-bond donors (Lipinski definition) is 1. The zero-order valence-electron chi connectivity index (χ0n) is 17.3. The van der Waals surface area contributed by atoms with E-state index in [9.17, 15) is 13.2 Å². The molecular weight excluding hydrogens is 377 g/mol. The van der Waals surface area contributed by atoms with E-state index in [1.165, 1.54) is 37.6 Å². The number of halogens is 3. The fourth-order valence-electron chi connectivity index (χ4n) is 3.02. The highest BCUT2D eigenvalue weighted by molar-refractivity contribution is 5.65. The minimum Gasteiger partial charge on any atom is -0.277 e. The number of aromatic nitrogens is 4. The summed E-state index contributed by atoms with van der Waals surface area (Å²) in [5.74, 6) is -0.648. The fraction of sp³-hybridized carbons (Fsp3) is 0.364. The van der Waals surface area contributed by atoms with Crippen molar-refractivity contribution in [3.05, 3.63) is 65.4 Å². The van der Waals surface area contributed by atoms with Crippen LogP contribution in [-0.2, 0) is 6.54 Å². The average Bonchev–Trinajstić information content (AvgIpc) is 3.25. The zero-order chi connectivity index (χ0) is 21.6. The molecule has 3 rings (SSSR count). The van der Waals surface area contributed by atoms with Crippen molar-refractivity contribution < 1.29 is 13.2 Å². The molecule has 1 aromatic carbocycles. The molecule has 4 nitrogen and oxygen atoms in total. The lowest BCUT2D eigenvalue weighted by Gasteiger charge is -2.08. The Hall–Kier alpha value is -2.83. The van der Waals surface area contributed by atoms with Crippen LogP contribution in [0.3, 0.4) is 0 Å². The van der Waals surface area contributed by atoms with Crippen LogP contribution >= 0.6 is 0 Å². The highest BCUT2D eigenvalue weighted by Gasteiger charge is 2.16. The quantitative estimate of drug-likeness (QED) is 0.511. The van der Waals surface area contributed by atoms with Gasteiger partial charge in [-0.2, -0.15) is 10.2 Å². The fourth-order valence-corrected chi connectivity index (χ4v) is 3.02. The van der Waals surface area contributed by atoms with Crippen LogP contribution in [0.5, 0.6) is 0 Å². The average molecular weight is 404 g/mol. The lowest BCUT2D eigenvalue weighted by atomic mass is 10.0. The normalized spacial score (nSPS) is 10.8. The van der Waals surface area contributed by atoms with E-state index >= 15 is 0 Å². The molecule has 156 valence electrons. The molecule has 0 aliphatic rings. The van der Waals surface area contributed by atoms with E-state index in [1.807, 2.05) is 12.4 Å². The number of hydrogen-bond acceptors (Lipinski definition) is 2. The molecule has 2 aromatic heterocycles. The molecule has 0 unspecified atom stereocenters. The predicted molar refractivity (Wildman–Crippen MR) is 110 cm³/mol. The number of H-pyrrole nitrogens is 1. The van der Waals surface area contributed by atoms with E-state index in [1.54, 1.807) is 0 Å². The zero-order valence-corrected chi connectivity index (χ0v) is 17.3. The Bertz CT molecular complexity index is 957. The summed E-state index contributed by atoms with van der Waals surface area (Å²) < 4.78 is 39.9. The topological polar surface area (TPSA) is 46.5 Å². The predicted octanol–water partition coefficient (Wildman–Crippen LogP) is 6.49. The van der Waals surface area contributed by atoms with Crippen LogP contribution in [0.1, 0.15) is 55.5 Å². The highest BCUT2D eigenvalue weighted by atomic mass is 19.3. The number of allylic oxidation sites excluding steroid dienone is 1. The van der Waals surface area contributed by atoms with E-state index in [2.05, 4.69) is 47.3 Å². The van der Waals surface area contributed by atoms with E-state index in [4.69, 9.17) is 0 Å². The molecule has 0 aliphatic heterocycles. The minimum atomic E-state index is -2.66. The third-order valence-electron chi connectivity index (χ3n) is 4.63. The second-order valence-electron chi connectivity index (χ2n) is 6.93. The van der Waals surface area contributed by atoms with Crippen molar-refractivity contribution >= 4 is 5.57 Å². The summed E-state index contributed by atoms with van der Waals surface area (Å²) in [6.07, 6.45) is 3.47. The first kappa shape index (κ1) is 22.5. The van der Waals surface area contributed by atoms with Gasteiger partial charge in [0, 0.05) is 28.9 Å². The van der Waals surface area contributed by atoms with Gasteiger partial charge in [0.2, 0.25) is 0 Å². The van der Waals surface area contributed by atoms with Crippen LogP contribution in [0.2, 0.25) is 0 Å². The van der Waals surface area contributed by atoms with Crippen molar-refractivity contribution in [1.82, 2.24) is 20.0 Å². The van der Waals surface area contributed by atoms with Gasteiger partial charge in [-0.1, -0.05) is 32.1 Å². The number of unbranched alkanes of at least 4 members (excludes halogenated alkanes) is 1. The maximum atomic E-state index is 13.1. The molecule has 0 spiro atoms. The number of nitrogens with zero attached hydrogens (tertiary/aromatic N) is 3. The first-order valence-electron chi connectivity index (χ1n) is 9.53. The monoisotopic (exact) mass is 404 g/mol. The van der Waals surface area contributed by atoms with Gasteiger partial charge in [-0.3, -0.25) is 9.78 Å². The number of nitrogens with one attached hydrogen (secondary N) is 1. The van der Waals surface area contributed by atoms with Crippen molar-refractivity contribution in [1.29, 1.82) is 0 Å². The Morgan fingerprint density at radius 2 is 1.97 bits per heavy atom. The van der Waals surface area contributed by atoms with Crippen molar-refractivity contribution in [2.24, 2.45) is 0 Å². The number of rotatable bonds is 6. The van der Waals surface area contributed by atoms with Gasteiger partial charge in [0.15, 0.2) is 0 Å². The largest absolute Gasteiger partial charge is 0.277 e. The van der Waals surface area contributed by atoms with Gasteiger partial charge in [-0.15, -0.1) is 0 Å². The summed E-state index contributed by atoms with van der Waals surface area (Å²) in [6, 6.07) is 3.62. The Morgan fingerprint density at radius 1 is 1.24 bits per heavy atom. The minimum absolute atomic E-state index is 0.0718. The molecule has 7 heteroatoms. The Labute approximate surface area is 169 Å². The van der Waals surface area contributed by atoms with E-state index in [-0.39, 0.29) is 11.1 Å².